The fraction of sp³-hybridized carbons (Fsp3) is 0.188. The molecule has 0 fully saturated rings. The van der Waals surface area contributed by atoms with Gasteiger partial charge in [-0.15, -0.1) is 0 Å². The summed E-state index contributed by atoms with van der Waals surface area (Å²) in [6.45, 7) is 0.0607. The van der Waals surface area contributed by atoms with E-state index in [1.165, 1.54) is 6.07 Å². The van der Waals surface area contributed by atoms with Crippen LogP contribution in [0.15, 0.2) is 42.5 Å². The highest BCUT2D eigenvalue weighted by Gasteiger charge is 2.06. The molecule has 116 valence electrons. The number of benzene rings is 2. The van der Waals surface area contributed by atoms with E-state index in [9.17, 15) is 13.6 Å². The van der Waals surface area contributed by atoms with Crippen LogP contribution in [0, 0.1) is 11.6 Å². The molecular weight excluding hydrogens is 292 g/mol. The minimum Gasteiger partial charge on any atom is -0.497 e. The molecule has 0 heterocycles. The van der Waals surface area contributed by atoms with Gasteiger partial charge in [-0.25, -0.2) is 8.78 Å². The summed E-state index contributed by atoms with van der Waals surface area (Å²) in [5.41, 5.74) is 0.905. The number of ether oxygens (including phenoxy) is 2. The number of halogens is 2. The first-order valence-electron chi connectivity index (χ1n) is 6.56. The van der Waals surface area contributed by atoms with E-state index in [4.69, 9.17) is 9.47 Å². The van der Waals surface area contributed by atoms with Crippen LogP contribution >= 0.6 is 0 Å². The van der Waals surface area contributed by atoms with E-state index in [-0.39, 0.29) is 18.3 Å². The van der Waals surface area contributed by atoms with Crippen LogP contribution in [0.5, 0.6) is 11.5 Å². The Labute approximate surface area is 126 Å². The molecule has 0 spiro atoms. The molecule has 0 aliphatic rings. The van der Waals surface area contributed by atoms with Gasteiger partial charge in [-0.1, -0.05) is 12.1 Å². The molecule has 0 radical (unpaired) electrons. The quantitative estimate of drug-likeness (QED) is 0.892. The second-order valence-corrected chi connectivity index (χ2v) is 4.49. The summed E-state index contributed by atoms with van der Waals surface area (Å²) in [7, 11) is 1.58. The van der Waals surface area contributed by atoms with Gasteiger partial charge in [-0.3, -0.25) is 4.79 Å². The predicted octanol–water partition coefficient (Wildman–Crippen LogP) is 2.67. The van der Waals surface area contributed by atoms with E-state index in [0.717, 1.165) is 23.4 Å². The maximum absolute atomic E-state index is 13.0. The lowest BCUT2D eigenvalue weighted by Crippen LogP contribution is -2.28. The van der Waals surface area contributed by atoms with Crippen molar-refractivity contribution in [2.24, 2.45) is 0 Å². The van der Waals surface area contributed by atoms with E-state index in [0.29, 0.717) is 6.54 Å². The van der Waals surface area contributed by atoms with E-state index >= 15 is 0 Å². The first-order chi connectivity index (χ1) is 10.6. The Balaban J connectivity index is 1.78. The van der Waals surface area contributed by atoms with Crippen LogP contribution in [0.3, 0.4) is 0 Å². The highest BCUT2D eigenvalue weighted by atomic mass is 19.2. The van der Waals surface area contributed by atoms with Crippen molar-refractivity contribution >= 4 is 5.91 Å². The fourth-order valence-electron chi connectivity index (χ4n) is 1.71. The number of carbonyl (C=O) groups excluding carboxylic acids is 1. The maximum Gasteiger partial charge on any atom is 0.258 e. The van der Waals surface area contributed by atoms with Crippen LogP contribution < -0.4 is 14.8 Å². The van der Waals surface area contributed by atoms with Crippen molar-refractivity contribution in [3.63, 3.8) is 0 Å². The molecule has 1 N–H and O–H groups in total. The van der Waals surface area contributed by atoms with Crippen molar-refractivity contribution in [3.8, 4) is 11.5 Å². The third-order valence-electron chi connectivity index (χ3n) is 2.91. The van der Waals surface area contributed by atoms with E-state index in [1.54, 1.807) is 19.2 Å². The highest BCUT2D eigenvalue weighted by Crippen LogP contribution is 2.15. The molecule has 0 saturated carbocycles. The monoisotopic (exact) mass is 307 g/mol. The Morgan fingerprint density at radius 1 is 1.05 bits per heavy atom. The van der Waals surface area contributed by atoms with Gasteiger partial charge >= 0.3 is 0 Å². The molecule has 2 aromatic rings. The highest BCUT2D eigenvalue weighted by molar-refractivity contribution is 5.77. The molecule has 0 bridgehead atoms. The van der Waals surface area contributed by atoms with Gasteiger partial charge in [-0.05, 0) is 29.8 Å². The van der Waals surface area contributed by atoms with Crippen molar-refractivity contribution in [1.29, 1.82) is 0 Å². The summed E-state index contributed by atoms with van der Waals surface area (Å²) >= 11 is 0. The van der Waals surface area contributed by atoms with E-state index in [1.807, 2.05) is 12.1 Å². The van der Waals surface area contributed by atoms with Crippen LogP contribution in [0.4, 0.5) is 8.78 Å². The largest absolute Gasteiger partial charge is 0.497 e. The smallest absolute Gasteiger partial charge is 0.258 e. The average Bonchev–Trinajstić information content (AvgIpc) is 2.54. The van der Waals surface area contributed by atoms with Gasteiger partial charge in [0.2, 0.25) is 0 Å². The number of methoxy groups -OCH3 is 1. The van der Waals surface area contributed by atoms with Gasteiger partial charge < -0.3 is 14.8 Å². The summed E-state index contributed by atoms with van der Waals surface area (Å²) in [5.74, 6) is -1.51. The minimum atomic E-state index is -1.02. The molecular formula is C16H15F2NO3. The molecule has 4 nitrogen and oxygen atoms in total. The number of carbonyl (C=O) groups is 1. The van der Waals surface area contributed by atoms with Crippen molar-refractivity contribution < 1.29 is 23.0 Å². The lowest BCUT2D eigenvalue weighted by Gasteiger charge is -2.08. The maximum atomic E-state index is 13.0. The molecule has 22 heavy (non-hydrogen) atoms. The number of rotatable bonds is 6. The minimum absolute atomic E-state index is 0.0958. The fourth-order valence-corrected chi connectivity index (χ4v) is 1.71. The molecule has 2 rings (SSSR count). The SMILES string of the molecule is COc1ccc(CNC(=O)COc2ccc(F)c(F)c2)cc1. The molecule has 0 atom stereocenters. The van der Waals surface area contributed by atoms with Crippen LogP contribution in [0.1, 0.15) is 5.56 Å². The van der Waals surface area contributed by atoms with Crippen molar-refractivity contribution in [2.75, 3.05) is 13.7 Å². The van der Waals surface area contributed by atoms with E-state index < -0.39 is 11.6 Å². The van der Waals surface area contributed by atoms with Gasteiger partial charge in [0, 0.05) is 12.6 Å². The molecule has 1 amide bonds. The Morgan fingerprint density at radius 2 is 1.73 bits per heavy atom. The zero-order chi connectivity index (χ0) is 15.9. The summed E-state index contributed by atoms with van der Waals surface area (Å²) in [6, 6.07) is 10.3. The Bertz CT molecular complexity index is 644. The lowest BCUT2D eigenvalue weighted by atomic mass is 10.2. The second-order valence-electron chi connectivity index (χ2n) is 4.49. The summed E-state index contributed by atoms with van der Waals surface area (Å²) < 4.78 is 35.8. The standard InChI is InChI=1S/C16H15F2NO3/c1-21-12-4-2-11(3-5-12)9-19-16(20)10-22-13-6-7-14(17)15(18)8-13/h2-8H,9-10H2,1H3,(H,19,20). The normalized spacial score (nSPS) is 10.1. The molecule has 0 aromatic heterocycles. The zero-order valence-electron chi connectivity index (χ0n) is 11.9. The van der Waals surface area contributed by atoms with Crippen LogP contribution in [-0.4, -0.2) is 19.6 Å². The van der Waals surface area contributed by atoms with Gasteiger partial charge in [-0.2, -0.15) is 0 Å². The zero-order valence-corrected chi connectivity index (χ0v) is 11.9. The average molecular weight is 307 g/mol. The summed E-state index contributed by atoms with van der Waals surface area (Å²) in [6.07, 6.45) is 0. The first-order valence-corrected chi connectivity index (χ1v) is 6.56. The summed E-state index contributed by atoms with van der Waals surface area (Å²) in [4.78, 5) is 11.6. The van der Waals surface area contributed by atoms with Crippen LogP contribution in [-0.2, 0) is 11.3 Å². The van der Waals surface area contributed by atoms with Crippen LogP contribution in [0.25, 0.3) is 0 Å². The van der Waals surface area contributed by atoms with Gasteiger partial charge in [0.1, 0.15) is 11.5 Å². The molecule has 0 saturated heterocycles. The van der Waals surface area contributed by atoms with Crippen molar-refractivity contribution in [2.45, 2.75) is 6.54 Å². The molecule has 0 unspecified atom stereocenters. The van der Waals surface area contributed by atoms with Gasteiger partial charge in [0.15, 0.2) is 18.2 Å². The summed E-state index contributed by atoms with van der Waals surface area (Å²) in [5, 5.41) is 2.66. The number of hydrogen-bond acceptors (Lipinski definition) is 3. The third-order valence-corrected chi connectivity index (χ3v) is 2.91. The first kappa shape index (κ1) is 15.8. The Hall–Kier alpha value is -2.63. The van der Waals surface area contributed by atoms with Crippen molar-refractivity contribution in [1.82, 2.24) is 5.32 Å². The Morgan fingerprint density at radius 3 is 2.36 bits per heavy atom. The third kappa shape index (κ3) is 4.44. The van der Waals surface area contributed by atoms with E-state index in [2.05, 4.69) is 5.32 Å². The topological polar surface area (TPSA) is 47.6 Å². The predicted molar refractivity (Wildman–Crippen MR) is 76.7 cm³/mol. The Kier molecular flexibility index (Phi) is 5.30. The number of nitrogens with one attached hydrogen (secondary N) is 1. The number of hydrogen-bond donors (Lipinski definition) is 1. The van der Waals surface area contributed by atoms with Gasteiger partial charge in [0.25, 0.3) is 5.91 Å². The van der Waals surface area contributed by atoms with Crippen LogP contribution in [0.2, 0.25) is 0 Å². The second kappa shape index (κ2) is 7.40. The molecule has 6 heteroatoms. The molecule has 0 aliphatic carbocycles. The molecule has 2 aromatic carbocycles. The molecule has 0 aliphatic heterocycles. The van der Waals surface area contributed by atoms with Crippen molar-refractivity contribution in [3.05, 3.63) is 59.7 Å². The lowest BCUT2D eigenvalue weighted by molar-refractivity contribution is -0.123. The number of amides is 1. The van der Waals surface area contributed by atoms with Gasteiger partial charge in [0.05, 0.1) is 7.11 Å².